The minimum atomic E-state index is -1.06. The van der Waals surface area contributed by atoms with E-state index in [1.165, 1.54) is 25.3 Å². The number of hydrogen-bond donors (Lipinski definition) is 1. The van der Waals surface area contributed by atoms with E-state index < -0.39 is 12.6 Å². The van der Waals surface area contributed by atoms with Crippen molar-refractivity contribution >= 4 is 11.8 Å². The number of nitrogens with zero attached hydrogens (tertiary/aromatic N) is 1. The molecule has 0 radical (unpaired) electrons. The highest BCUT2D eigenvalue weighted by Crippen LogP contribution is 2.10. The summed E-state index contributed by atoms with van der Waals surface area (Å²) >= 11 is 0. The Balaban J connectivity index is 2.73. The molecule has 5 nitrogen and oxygen atoms in total. The van der Waals surface area contributed by atoms with Crippen LogP contribution in [0.2, 0.25) is 0 Å². The Morgan fingerprint density at radius 1 is 1.57 bits per heavy atom. The van der Waals surface area contributed by atoms with Crippen molar-refractivity contribution < 1.29 is 19.4 Å². The van der Waals surface area contributed by atoms with Crippen molar-refractivity contribution in [1.82, 2.24) is 4.98 Å². The summed E-state index contributed by atoms with van der Waals surface area (Å²) in [4.78, 5) is 24.9. The number of pyridine rings is 1. The lowest BCUT2D eigenvalue weighted by Crippen LogP contribution is -2.10. The molecule has 5 heteroatoms. The molecule has 0 amide bonds. The van der Waals surface area contributed by atoms with E-state index in [1.54, 1.807) is 0 Å². The molecule has 0 fully saturated rings. The number of Topliss-reactive ketones (excluding diaryl/α,β-unsaturated/α-hetero) is 1. The fourth-order valence-corrected chi connectivity index (χ4v) is 0.839. The Morgan fingerprint density at radius 3 is 2.86 bits per heavy atom. The summed E-state index contributed by atoms with van der Waals surface area (Å²) in [5.41, 5.74) is 0.257. The van der Waals surface area contributed by atoms with Crippen molar-refractivity contribution in [1.29, 1.82) is 0 Å². The lowest BCUT2D eigenvalue weighted by atomic mass is 10.3. The van der Waals surface area contributed by atoms with Crippen molar-refractivity contribution in [3.63, 3.8) is 0 Å². The van der Waals surface area contributed by atoms with Crippen LogP contribution in [0.5, 0.6) is 5.75 Å². The van der Waals surface area contributed by atoms with E-state index in [0.717, 1.165) is 0 Å². The van der Waals surface area contributed by atoms with E-state index in [9.17, 15) is 9.59 Å². The highest BCUT2D eigenvalue weighted by Gasteiger charge is 2.04. The fraction of sp³-hybridized carbons (Fsp3) is 0.222. The van der Waals surface area contributed by atoms with Crippen LogP contribution in [0.1, 0.15) is 17.4 Å². The number of ether oxygens (including phenoxy) is 1. The maximum Gasteiger partial charge on any atom is 0.341 e. The molecule has 1 rings (SSSR count). The summed E-state index contributed by atoms with van der Waals surface area (Å²) in [7, 11) is 0. The molecule has 0 aliphatic heterocycles. The summed E-state index contributed by atoms with van der Waals surface area (Å²) in [5, 5.41) is 8.35. The number of carboxylic acid groups (broad SMARTS) is 1. The predicted molar refractivity (Wildman–Crippen MR) is 47.4 cm³/mol. The number of carbonyl (C=O) groups is 2. The molecule has 0 unspecified atom stereocenters. The van der Waals surface area contributed by atoms with Gasteiger partial charge in [-0.3, -0.25) is 9.78 Å². The van der Waals surface area contributed by atoms with Gasteiger partial charge in [0.25, 0.3) is 0 Å². The maximum absolute atomic E-state index is 10.9. The second kappa shape index (κ2) is 4.36. The molecule has 0 aliphatic carbocycles. The van der Waals surface area contributed by atoms with E-state index in [1.807, 2.05) is 0 Å². The Hall–Kier alpha value is -1.91. The van der Waals surface area contributed by atoms with Crippen LogP contribution in [0.15, 0.2) is 18.3 Å². The Morgan fingerprint density at radius 2 is 2.29 bits per heavy atom. The number of hydrogen-bond acceptors (Lipinski definition) is 4. The van der Waals surface area contributed by atoms with Crippen LogP contribution >= 0.6 is 0 Å². The summed E-state index contributed by atoms with van der Waals surface area (Å²) in [6, 6.07) is 2.90. The van der Waals surface area contributed by atoms with Gasteiger partial charge in [-0.1, -0.05) is 0 Å². The summed E-state index contributed by atoms with van der Waals surface area (Å²) in [5.74, 6) is -0.926. The molecule has 0 spiro atoms. The third-order valence-corrected chi connectivity index (χ3v) is 1.45. The largest absolute Gasteiger partial charge is 0.482 e. The molecule has 0 aromatic carbocycles. The number of rotatable bonds is 4. The van der Waals surface area contributed by atoms with Gasteiger partial charge >= 0.3 is 5.97 Å². The lowest BCUT2D eigenvalue weighted by Gasteiger charge is -2.02. The zero-order chi connectivity index (χ0) is 10.6. The van der Waals surface area contributed by atoms with Crippen LogP contribution < -0.4 is 4.74 Å². The number of carboxylic acids is 1. The van der Waals surface area contributed by atoms with Gasteiger partial charge in [-0.25, -0.2) is 4.79 Å². The van der Waals surface area contributed by atoms with Crippen molar-refractivity contribution in [2.45, 2.75) is 6.92 Å². The highest BCUT2D eigenvalue weighted by atomic mass is 16.5. The van der Waals surface area contributed by atoms with Gasteiger partial charge in [-0.15, -0.1) is 0 Å². The molecule has 0 aliphatic rings. The number of ketones is 1. The maximum atomic E-state index is 10.9. The van der Waals surface area contributed by atoms with Gasteiger partial charge in [0.05, 0.1) is 0 Å². The zero-order valence-corrected chi connectivity index (χ0v) is 7.56. The van der Waals surface area contributed by atoms with Gasteiger partial charge in [-0.05, 0) is 6.07 Å². The molecule has 1 N–H and O–H groups in total. The van der Waals surface area contributed by atoms with Gasteiger partial charge in [0.15, 0.2) is 12.4 Å². The Labute approximate surface area is 80.3 Å². The number of aromatic nitrogens is 1. The smallest absolute Gasteiger partial charge is 0.341 e. The summed E-state index contributed by atoms with van der Waals surface area (Å²) in [6.07, 6.45) is 1.40. The Bertz CT molecular complexity index is 362. The van der Waals surface area contributed by atoms with E-state index in [2.05, 4.69) is 4.98 Å². The second-order valence-corrected chi connectivity index (χ2v) is 2.62. The van der Waals surface area contributed by atoms with Crippen LogP contribution in [0.25, 0.3) is 0 Å². The van der Waals surface area contributed by atoms with Crippen molar-refractivity contribution in [2.24, 2.45) is 0 Å². The number of carbonyl (C=O) groups excluding carboxylic acids is 1. The molecular weight excluding hydrogens is 186 g/mol. The molecule has 74 valence electrons. The second-order valence-electron chi connectivity index (χ2n) is 2.62. The lowest BCUT2D eigenvalue weighted by molar-refractivity contribution is -0.139. The molecule has 1 aromatic rings. The topological polar surface area (TPSA) is 76.5 Å². The van der Waals surface area contributed by atoms with E-state index in [-0.39, 0.29) is 11.5 Å². The summed E-state index contributed by atoms with van der Waals surface area (Å²) in [6.45, 7) is 0.949. The first-order valence-corrected chi connectivity index (χ1v) is 3.91. The predicted octanol–water partition coefficient (Wildman–Crippen LogP) is 0.748. The number of aliphatic carboxylic acids is 1. The van der Waals surface area contributed by atoms with Crippen LogP contribution in [0.4, 0.5) is 0 Å². The third-order valence-electron chi connectivity index (χ3n) is 1.45. The SMILES string of the molecule is CC(=O)c1cc(OCC(=O)O)ccn1. The van der Waals surface area contributed by atoms with Gasteiger partial charge in [-0.2, -0.15) is 0 Å². The molecule has 14 heavy (non-hydrogen) atoms. The Kier molecular flexibility index (Phi) is 3.17. The molecule has 0 saturated carbocycles. The third kappa shape index (κ3) is 2.85. The van der Waals surface area contributed by atoms with Gasteiger partial charge in [0.1, 0.15) is 11.4 Å². The first-order valence-electron chi connectivity index (χ1n) is 3.91. The summed E-state index contributed by atoms with van der Waals surface area (Å²) < 4.78 is 4.87. The average Bonchev–Trinajstić information content (AvgIpc) is 2.15. The van der Waals surface area contributed by atoms with Crippen LogP contribution in [0.3, 0.4) is 0 Å². The normalized spacial score (nSPS) is 9.50. The molecule has 0 saturated heterocycles. The molecule has 1 heterocycles. The van der Waals surface area contributed by atoms with Gasteiger partial charge in [0, 0.05) is 19.2 Å². The van der Waals surface area contributed by atoms with Crippen molar-refractivity contribution in [2.75, 3.05) is 6.61 Å². The van der Waals surface area contributed by atoms with Gasteiger partial charge < -0.3 is 9.84 Å². The van der Waals surface area contributed by atoms with Crippen molar-refractivity contribution in [3.05, 3.63) is 24.0 Å². The average molecular weight is 195 g/mol. The molecule has 0 atom stereocenters. The monoisotopic (exact) mass is 195 g/mol. The minimum Gasteiger partial charge on any atom is -0.482 e. The molecular formula is C9H9NO4. The first kappa shape index (κ1) is 10.2. The van der Waals surface area contributed by atoms with Crippen LogP contribution in [-0.2, 0) is 4.79 Å². The van der Waals surface area contributed by atoms with E-state index in [4.69, 9.17) is 9.84 Å². The van der Waals surface area contributed by atoms with E-state index in [0.29, 0.717) is 5.75 Å². The minimum absolute atomic E-state index is 0.189. The molecule has 0 bridgehead atoms. The first-order chi connectivity index (χ1) is 6.59. The zero-order valence-electron chi connectivity index (χ0n) is 7.56. The van der Waals surface area contributed by atoms with E-state index >= 15 is 0 Å². The fourth-order valence-electron chi connectivity index (χ4n) is 0.839. The van der Waals surface area contributed by atoms with Crippen LogP contribution in [0, 0.1) is 0 Å². The standard InChI is InChI=1S/C9H9NO4/c1-6(11)8-4-7(2-3-10-8)14-5-9(12)13/h2-4H,5H2,1H3,(H,12,13). The van der Waals surface area contributed by atoms with Crippen molar-refractivity contribution in [3.8, 4) is 5.75 Å². The molecule has 1 aromatic heterocycles. The van der Waals surface area contributed by atoms with Gasteiger partial charge in [0.2, 0.25) is 0 Å². The van der Waals surface area contributed by atoms with Crippen LogP contribution in [-0.4, -0.2) is 28.4 Å². The highest BCUT2D eigenvalue weighted by molar-refractivity contribution is 5.92. The quantitative estimate of drug-likeness (QED) is 0.717.